The average molecular weight is 141 g/mol. The van der Waals surface area contributed by atoms with E-state index in [1.807, 2.05) is 12.3 Å². The molecule has 0 spiro atoms. The van der Waals surface area contributed by atoms with Crippen LogP contribution in [0.2, 0.25) is 0 Å². The van der Waals surface area contributed by atoms with Crippen molar-refractivity contribution in [3.05, 3.63) is 23.8 Å². The van der Waals surface area contributed by atoms with Gasteiger partial charge in [-0.15, -0.1) is 0 Å². The zero-order valence-electron chi connectivity index (χ0n) is 6.18. The molecule has 0 radical (unpaired) electrons. The third kappa shape index (κ3) is 1.43. The summed E-state index contributed by atoms with van der Waals surface area (Å²) < 4.78 is 9.97. The summed E-state index contributed by atoms with van der Waals surface area (Å²) in [6, 6.07) is 0. The molecule has 3 heteroatoms. The Bertz CT molecular complexity index is 172. The van der Waals surface area contributed by atoms with Crippen molar-refractivity contribution in [2.24, 2.45) is 0 Å². The van der Waals surface area contributed by atoms with Gasteiger partial charge in [-0.05, 0) is 0 Å². The molecule has 3 nitrogen and oxygen atoms in total. The van der Waals surface area contributed by atoms with Crippen LogP contribution in [0, 0.1) is 0 Å². The minimum atomic E-state index is 0.739. The highest BCUT2D eigenvalue weighted by Crippen LogP contribution is 2.06. The van der Waals surface area contributed by atoms with E-state index in [1.165, 1.54) is 0 Å². The zero-order valence-corrected chi connectivity index (χ0v) is 6.18. The van der Waals surface area contributed by atoms with Crippen molar-refractivity contribution in [2.45, 2.75) is 0 Å². The first-order valence-electron chi connectivity index (χ1n) is 3.09. The van der Waals surface area contributed by atoms with Crippen LogP contribution in [0.1, 0.15) is 0 Å². The maximum atomic E-state index is 5.00. The molecule has 0 amide bonds. The van der Waals surface area contributed by atoms with Gasteiger partial charge in [-0.25, -0.2) is 0 Å². The van der Waals surface area contributed by atoms with E-state index in [0.29, 0.717) is 0 Å². The van der Waals surface area contributed by atoms with Crippen molar-refractivity contribution in [2.75, 3.05) is 20.8 Å². The highest BCUT2D eigenvalue weighted by Gasteiger charge is 2.02. The molecule has 10 heavy (non-hydrogen) atoms. The molecule has 0 saturated heterocycles. The molecule has 0 saturated carbocycles. The lowest BCUT2D eigenvalue weighted by molar-refractivity contribution is 0.260. The first-order valence-corrected chi connectivity index (χ1v) is 3.09. The summed E-state index contributed by atoms with van der Waals surface area (Å²) in [5.74, 6) is 1.68. The average Bonchev–Trinajstić information content (AvgIpc) is 2.05. The van der Waals surface area contributed by atoms with Crippen LogP contribution in [0.15, 0.2) is 23.8 Å². The van der Waals surface area contributed by atoms with E-state index in [2.05, 4.69) is 5.32 Å². The summed E-state index contributed by atoms with van der Waals surface area (Å²) in [4.78, 5) is 0. The molecule has 0 aromatic heterocycles. The van der Waals surface area contributed by atoms with Crippen LogP contribution >= 0.6 is 0 Å². The summed E-state index contributed by atoms with van der Waals surface area (Å²) in [5.41, 5.74) is 0. The van der Waals surface area contributed by atoms with Crippen LogP contribution in [0.5, 0.6) is 0 Å². The Morgan fingerprint density at radius 3 is 2.80 bits per heavy atom. The van der Waals surface area contributed by atoms with E-state index in [9.17, 15) is 0 Å². The van der Waals surface area contributed by atoms with Gasteiger partial charge in [-0.3, -0.25) is 0 Å². The molecule has 0 aromatic carbocycles. The van der Waals surface area contributed by atoms with Gasteiger partial charge in [0.1, 0.15) is 11.5 Å². The third-order valence-electron chi connectivity index (χ3n) is 1.32. The fraction of sp³-hybridized carbons (Fsp3) is 0.429. The maximum absolute atomic E-state index is 5.00. The molecular weight excluding hydrogens is 130 g/mol. The third-order valence-corrected chi connectivity index (χ3v) is 1.32. The van der Waals surface area contributed by atoms with Gasteiger partial charge in [-0.1, -0.05) is 0 Å². The Kier molecular flexibility index (Phi) is 2.20. The molecule has 56 valence electrons. The number of methoxy groups -OCH3 is 2. The zero-order chi connectivity index (χ0) is 7.40. The van der Waals surface area contributed by atoms with E-state index >= 15 is 0 Å². The van der Waals surface area contributed by atoms with E-state index in [1.54, 1.807) is 14.2 Å². The number of nitrogens with one attached hydrogen (secondary N) is 1. The molecule has 1 N–H and O–H groups in total. The Labute approximate surface area is 60.3 Å². The van der Waals surface area contributed by atoms with Gasteiger partial charge in [0, 0.05) is 12.3 Å². The molecule has 1 aliphatic rings. The Balaban J connectivity index is 2.61. The number of ether oxygens (including phenoxy) is 2. The van der Waals surface area contributed by atoms with Gasteiger partial charge in [0.15, 0.2) is 0 Å². The highest BCUT2D eigenvalue weighted by atomic mass is 16.5. The van der Waals surface area contributed by atoms with Crippen molar-refractivity contribution in [3.63, 3.8) is 0 Å². The predicted molar refractivity (Wildman–Crippen MR) is 38.2 cm³/mol. The van der Waals surface area contributed by atoms with Crippen molar-refractivity contribution >= 4 is 0 Å². The summed E-state index contributed by atoms with van der Waals surface area (Å²) in [7, 11) is 3.27. The molecule has 0 atom stereocenters. The molecule has 0 fully saturated rings. The SMILES string of the molecule is COC1=CNCC(OC)=C1. The van der Waals surface area contributed by atoms with Gasteiger partial charge in [-0.2, -0.15) is 0 Å². The fourth-order valence-corrected chi connectivity index (χ4v) is 0.753. The van der Waals surface area contributed by atoms with Crippen LogP contribution in [-0.4, -0.2) is 20.8 Å². The summed E-state index contributed by atoms with van der Waals surface area (Å²) in [5, 5.41) is 3.01. The second-order valence-corrected chi connectivity index (χ2v) is 1.95. The lowest BCUT2D eigenvalue weighted by Gasteiger charge is -2.12. The second-order valence-electron chi connectivity index (χ2n) is 1.95. The van der Waals surface area contributed by atoms with Crippen molar-refractivity contribution in [1.82, 2.24) is 5.32 Å². The molecule has 0 aliphatic carbocycles. The number of allylic oxidation sites excluding steroid dienone is 1. The summed E-state index contributed by atoms with van der Waals surface area (Å²) >= 11 is 0. The normalized spacial score (nSPS) is 16.6. The molecule has 1 aliphatic heterocycles. The fourth-order valence-electron chi connectivity index (χ4n) is 0.753. The number of rotatable bonds is 2. The van der Waals surface area contributed by atoms with Crippen LogP contribution in [-0.2, 0) is 9.47 Å². The smallest absolute Gasteiger partial charge is 0.137 e. The Hall–Kier alpha value is -1.12. The van der Waals surface area contributed by atoms with Crippen LogP contribution < -0.4 is 5.32 Å². The van der Waals surface area contributed by atoms with Crippen LogP contribution in [0.4, 0.5) is 0 Å². The van der Waals surface area contributed by atoms with Gasteiger partial charge in [0.2, 0.25) is 0 Å². The first kappa shape index (κ1) is 6.99. The largest absolute Gasteiger partial charge is 0.499 e. The van der Waals surface area contributed by atoms with Crippen LogP contribution in [0.25, 0.3) is 0 Å². The monoisotopic (exact) mass is 141 g/mol. The quantitative estimate of drug-likeness (QED) is 0.611. The van der Waals surface area contributed by atoms with Gasteiger partial charge < -0.3 is 14.8 Å². The molecular formula is C7H11NO2. The lowest BCUT2D eigenvalue weighted by Crippen LogP contribution is -2.16. The molecule has 1 heterocycles. The van der Waals surface area contributed by atoms with Crippen molar-refractivity contribution in [3.8, 4) is 0 Å². The summed E-state index contributed by atoms with van der Waals surface area (Å²) in [6.45, 7) is 0.739. The van der Waals surface area contributed by atoms with Gasteiger partial charge in [0.05, 0.1) is 20.8 Å². The van der Waals surface area contributed by atoms with E-state index < -0.39 is 0 Å². The van der Waals surface area contributed by atoms with E-state index in [4.69, 9.17) is 9.47 Å². The second kappa shape index (κ2) is 3.15. The lowest BCUT2D eigenvalue weighted by atomic mass is 10.3. The molecule has 0 unspecified atom stereocenters. The first-order chi connectivity index (χ1) is 4.86. The number of hydrogen-bond acceptors (Lipinski definition) is 3. The van der Waals surface area contributed by atoms with Crippen molar-refractivity contribution in [1.29, 1.82) is 0 Å². The predicted octanol–water partition coefficient (Wildman–Crippen LogP) is 0.608. The van der Waals surface area contributed by atoms with E-state index in [-0.39, 0.29) is 0 Å². The van der Waals surface area contributed by atoms with Crippen molar-refractivity contribution < 1.29 is 9.47 Å². The number of dihydropyridines is 1. The minimum absolute atomic E-state index is 0.739. The Morgan fingerprint density at radius 2 is 2.20 bits per heavy atom. The van der Waals surface area contributed by atoms with E-state index in [0.717, 1.165) is 18.1 Å². The molecule has 0 aromatic rings. The van der Waals surface area contributed by atoms with Gasteiger partial charge in [0.25, 0.3) is 0 Å². The Morgan fingerprint density at radius 1 is 1.40 bits per heavy atom. The standard InChI is InChI=1S/C7H11NO2/c1-9-6-3-7(10-2)5-8-4-6/h3-4,8H,5H2,1-2H3. The maximum Gasteiger partial charge on any atom is 0.137 e. The number of hydrogen-bond donors (Lipinski definition) is 1. The summed E-state index contributed by atoms with van der Waals surface area (Å²) in [6.07, 6.45) is 3.67. The highest BCUT2D eigenvalue weighted by molar-refractivity contribution is 5.19. The van der Waals surface area contributed by atoms with Crippen LogP contribution in [0.3, 0.4) is 0 Å². The molecule has 1 rings (SSSR count). The van der Waals surface area contributed by atoms with Gasteiger partial charge >= 0.3 is 0 Å². The minimum Gasteiger partial charge on any atom is -0.499 e. The molecule has 0 bridgehead atoms. The topological polar surface area (TPSA) is 30.5 Å².